The number of nitrogens with zero attached hydrogens (tertiary/aromatic N) is 3. The maximum Gasteiger partial charge on any atom is 0.331 e. The van der Waals surface area contributed by atoms with Gasteiger partial charge in [0.2, 0.25) is 0 Å². The first-order chi connectivity index (χ1) is 9.09. The Morgan fingerprint density at radius 3 is 2.47 bits per heavy atom. The summed E-state index contributed by atoms with van der Waals surface area (Å²) >= 11 is 0. The molecule has 0 radical (unpaired) electrons. The lowest BCUT2D eigenvalue weighted by Gasteiger charge is -2.18. The molecule has 1 heterocycles. The first-order valence-electron chi connectivity index (χ1n) is 6.41. The van der Waals surface area contributed by atoms with Gasteiger partial charge in [-0.3, -0.25) is 14.6 Å². The second kappa shape index (κ2) is 5.84. The first-order valence-corrected chi connectivity index (χ1v) is 6.41. The van der Waals surface area contributed by atoms with E-state index < -0.39 is 0 Å². The van der Waals surface area contributed by atoms with Gasteiger partial charge in [0.05, 0.1) is 0 Å². The molecule has 0 unspecified atom stereocenters. The number of hydrogen-bond donors (Lipinski definition) is 0. The molecule has 0 aliphatic carbocycles. The van der Waals surface area contributed by atoms with E-state index in [0.717, 1.165) is 18.7 Å². The molecule has 0 bridgehead atoms. The summed E-state index contributed by atoms with van der Waals surface area (Å²) in [5.74, 6) is -0.118. The van der Waals surface area contributed by atoms with Gasteiger partial charge >= 0.3 is 6.03 Å². The van der Waals surface area contributed by atoms with E-state index in [1.54, 1.807) is 0 Å². The maximum absolute atomic E-state index is 12.2. The molecule has 0 spiro atoms. The summed E-state index contributed by atoms with van der Waals surface area (Å²) in [5.41, 5.74) is 0.774. The number of urea groups is 1. The van der Waals surface area contributed by atoms with Gasteiger partial charge in [0.1, 0.15) is 6.54 Å². The van der Waals surface area contributed by atoms with Crippen molar-refractivity contribution in [2.45, 2.75) is 6.42 Å². The molecule has 0 atom stereocenters. The lowest BCUT2D eigenvalue weighted by atomic mass is 10.3. The number of hydrogen-bond acceptors (Lipinski definition) is 3. The fourth-order valence-electron chi connectivity index (χ4n) is 2.12. The number of benzene rings is 1. The van der Waals surface area contributed by atoms with Crippen LogP contribution in [0.4, 0.5) is 10.5 Å². The van der Waals surface area contributed by atoms with E-state index in [0.29, 0.717) is 6.54 Å². The Morgan fingerprint density at radius 2 is 1.84 bits per heavy atom. The number of imide groups is 1. The summed E-state index contributed by atoms with van der Waals surface area (Å²) in [6, 6.07) is 9.09. The van der Waals surface area contributed by atoms with E-state index in [2.05, 4.69) is 0 Å². The summed E-state index contributed by atoms with van der Waals surface area (Å²) < 4.78 is 0. The summed E-state index contributed by atoms with van der Waals surface area (Å²) in [5, 5.41) is 0. The van der Waals surface area contributed by atoms with Crippen LogP contribution in [0.1, 0.15) is 6.42 Å². The highest BCUT2D eigenvalue weighted by atomic mass is 16.2. The molecular weight excluding hydrogens is 242 g/mol. The van der Waals surface area contributed by atoms with Gasteiger partial charge in [-0.1, -0.05) is 18.2 Å². The normalized spacial score (nSPS) is 15.7. The van der Waals surface area contributed by atoms with Crippen molar-refractivity contribution in [2.75, 3.05) is 38.6 Å². The van der Waals surface area contributed by atoms with Crippen LogP contribution in [-0.4, -0.2) is 55.5 Å². The van der Waals surface area contributed by atoms with Crippen LogP contribution in [0.15, 0.2) is 30.3 Å². The van der Waals surface area contributed by atoms with Crippen LogP contribution in [0.2, 0.25) is 0 Å². The molecule has 5 nitrogen and oxygen atoms in total. The van der Waals surface area contributed by atoms with Crippen molar-refractivity contribution in [1.29, 1.82) is 0 Å². The van der Waals surface area contributed by atoms with E-state index in [1.807, 2.05) is 49.3 Å². The van der Waals surface area contributed by atoms with Crippen molar-refractivity contribution in [2.24, 2.45) is 0 Å². The van der Waals surface area contributed by atoms with Crippen molar-refractivity contribution in [3.8, 4) is 0 Å². The molecule has 3 amide bonds. The van der Waals surface area contributed by atoms with Crippen molar-refractivity contribution >= 4 is 17.6 Å². The number of para-hydroxylation sites is 1. The summed E-state index contributed by atoms with van der Waals surface area (Å²) in [4.78, 5) is 29.0. The third-order valence-electron chi connectivity index (χ3n) is 3.11. The highest BCUT2D eigenvalue weighted by Crippen LogP contribution is 2.20. The van der Waals surface area contributed by atoms with Crippen LogP contribution in [0.5, 0.6) is 0 Å². The number of carbonyl (C=O) groups excluding carboxylic acids is 2. The van der Waals surface area contributed by atoms with Crippen LogP contribution < -0.4 is 4.90 Å². The van der Waals surface area contributed by atoms with Crippen LogP contribution in [0.25, 0.3) is 0 Å². The summed E-state index contributed by atoms with van der Waals surface area (Å²) in [6.45, 7) is 1.49. The molecule has 1 aliphatic heterocycles. The lowest BCUT2D eigenvalue weighted by Crippen LogP contribution is -2.34. The molecule has 0 saturated carbocycles. The zero-order valence-corrected chi connectivity index (χ0v) is 11.4. The quantitative estimate of drug-likeness (QED) is 0.753. The molecule has 1 aromatic carbocycles. The van der Waals surface area contributed by atoms with Gasteiger partial charge in [-0.2, -0.15) is 0 Å². The summed E-state index contributed by atoms with van der Waals surface area (Å²) in [7, 11) is 3.95. The number of amides is 3. The molecule has 1 aromatic rings. The highest BCUT2D eigenvalue weighted by Gasteiger charge is 2.36. The van der Waals surface area contributed by atoms with Crippen molar-refractivity contribution in [3.05, 3.63) is 30.3 Å². The van der Waals surface area contributed by atoms with Gasteiger partial charge in [0.25, 0.3) is 5.91 Å². The molecular formula is C14H19N3O2. The average Bonchev–Trinajstić information content (AvgIpc) is 2.67. The average molecular weight is 261 g/mol. The van der Waals surface area contributed by atoms with Crippen LogP contribution in [-0.2, 0) is 4.79 Å². The molecule has 1 aliphatic rings. The molecule has 0 N–H and O–H groups in total. The van der Waals surface area contributed by atoms with Gasteiger partial charge in [-0.15, -0.1) is 0 Å². The predicted octanol–water partition coefficient (Wildman–Crippen LogP) is 1.41. The standard InChI is InChI=1S/C14H19N3O2/c1-15(2)9-6-10-16-13(18)11-17(14(16)19)12-7-4-3-5-8-12/h3-5,7-8H,6,9-11H2,1-2H3. The minimum atomic E-state index is -0.213. The third kappa shape index (κ3) is 3.12. The largest absolute Gasteiger partial charge is 0.331 e. The van der Waals surface area contributed by atoms with E-state index in [9.17, 15) is 9.59 Å². The van der Waals surface area contributed by atoms with Crippen LogP contribution >= 0.6 is 0 Å². The smallest absolute Gasteiger partial charge is 0.309 e. The number of carbonyl (C=O) groups is 2. The maximum atomic E-state index is 12.2. The van der Waals surface area contributed by atoms with Crippen molar-refractivity contribution in [1.82, 2.24) is 9.80 Å². The van der Waals surface area contributed by atoms with Crippen molar-refractivity contribution < 1.29 is 9.59 Å². The lowest BCUT2D eigenvalue weighted by molar-refractivity contribution is -0.124. The monoisotopic (exact) mass is 261 g/mol. The van der Waals surface area contributed by atoms with Gasteiger partial charge < -0.3 is 4.90 Å². The Balaban J connectivity index is 2.00. The molecule has 5 heteroatoms. The molecule has 1 fully saturated rings. The van der Waals surface area contributed by atoms with Gasteiger partial charge in [0, 0.05) is 12.2 Å². The van der Waals surface area contributed by atoms with Gasteiger partial charge in [0.15, 0.2) is 0 Å². The molecule has 102 valence electrons. The minimum absolute atomic E-state index is 0.118. The number of rotatable bonds is 5. The molecule has 2 rings (SSSR count). The van der Waals surface area contributed by atoms with Gasteiger partial charge in [-0.05, 0) is 39.2 Å². The fourth-order valence-corrected chi connectivity index (χ4v) is 2.12. The topological polar surface area (TPSA) is 43.9 Å². The fraction of sp³-hybridized carbons (Fsp3) is 0.429. The van der Waals surface area contributed by atoms with Crippen molar-refractivity contribution in [3.63, 3.8) is 0 Å². The SMILES string of the molecule is CN(C)CCCN1C(=O)CN(c2ccccc2)C1=O. The second-order valence-corrected chi connectivity index (χ2v) is 4.91. The molecule has 19 heavy (non-hydrogen) atoms. The van der Waals surface area contributed by atoms with E-state index >= 15 is 0 Å². The Labute approximate surface area is 113 Å². The third-order valence-corrected chi connectivity index (χ3v) is 3.11. The minimum Gasteiger partial charge on any atom is -0.309 e. The van der Waals surface area contributed by atoms with Gasteiger partial charge in [-0.25, -0.2) is 4.79 Å². The van der Waals surface area contributed by atoms with Crippen LogP contribution in [0, 0.1) is 0 Å². The van der Waals surface area contributed by atoms with Crippen LogP contribution in [0.3, 0.4) is 0 Å². The Hall–Kier alpha value is -1.88. The Bertz CT molecular complexity index is 459. The zero-order chi connectivity index (χ0) is 13.8. The highest BCUT2D eigenvalue weighted by molar-refractivity contribution is 6.12. The Morgan fingerprint density at radius 1 is 1.16 bits per heavy atom. The number of anilines is 1. The first kappa shape index (κ1) is 13.5. The molecule has 1 saturated heterocycles. The summed E-state index contributed by atoms with van der Waals surface area (Å²) in [6.07, 6.45) is 0.799. The van der Waals surface area contributed by atoms with E-state index in [-0.39, 0.29) is 18.5 Å². The van der Waals surface area contributed by atoms with E-state index in [1.165, 1.54) is 9.80 Å². The van der Waals surface area contributed by atoms with E-state index in [4.69, 9.17) is 0 Å². The molecule has 0 aromatic heterocycles. The zero-order valence-electron chi connectivity index (χ0n) is 11.4. The predicted molar refractivity (Wildman–Crippen MR) is 74.1 cm³/mol. The Kier molecular flexibility index (Phi) is 4.16. The second-order valence-electron chi connectivity index (χ2n) is 4.91.